The second-order valence-corrected chi connectivity index (χ2v) is 3.29. The topological polar surface area (TPSA) is 104 Å². The van der Waals surface area contributed by atoms with Crippen molar-refractivity contribution in [1.82, 2.24) is 9.97 Å². The van der Waals surface area contributed by atoms with Crippen LogP contribution in [0.3, 0.4) is 0 Å². The fourth-order valence-electron chi connectivity index (χ4n) is 1.24. The molecule has 1 heterocycles. The van der Waals surface area contributed by atoms with Crippen LogP contribution in [0.15, 0.2) is 41.7 Å². The average Bonchev–Trinajstić information content (AvgIpc) is 2.38. The van der Waals surface area contributed by atoms with Gasteiger partial charge in [0.25, 0.3) is 5.69 Å². The van der Waals surface area contributed by atoms with Crippen molar-refractivity contribution < 1.29 is 10.0 Å². The van der Waals surface area contributed by atoms with Gasteiger partial charge in [0, 0.05) is 30.7 Å². The number of nitro groups is 1. The Balaban J connectivity index is 2.31. The molecule has 2 rings (SSSR count). The molecule has 0 bridgehead atoms. The summed E-state index contributed by atoms with van der Waals surface area (Å²) in [4.78, 5) is 21.5. The van der Waals surface area contributed by atoms with Gasteiger partial charge in [-0.25, -0.2) is 15.0 Å². The van der Waals surface area contributed by atoms with Gasteiger partial charge in [-0.2, -0.15) is 0 Å². The second kappa shape index (κ2) is 5.00. The van der Waals surface area contributed by atoms with Crippen LogP contribution in [0.1, 0.15) is 5.56 Å². The summed E-state index contributed by atoms with van der Waals surface area (Å²) < 4.78 is 0. The highest BCUT2D eigenvalue weighted by Crippen LogP contribution is 2.19. The first-order valence-electron chi connectivity index (χ1n) is 4.93. The molecule has 0 saturated heterocycles. The average molecular weight is 243 g/mol. The summed E-state index contributed by atoms with van der Waals surface area (Å²) in [6, 6.07) is 5.07. The van der Waals surface area contributed by atoms with E-state index in [1.165, 1.54) is 18.6 Å². The molecule has 0 unspecified atom stereocenters. The van der Waals surface area contributed by atoms with Gasteiger partial charge in [-0.3, -0.25) is 10.1 Å². The molecular formula is C11H7N4O3-. The standard InChI is InChI=1S/C11H8N4O3/c16-10-3-2-9(15(17)18)6-8(10)7-14-11-12-4-1-5-13-11/h1-7,16H/p-1. The van der Waals surface area contributed by atoms with Gasteiger partial charge >= 0.3 is 0 Å². The highest BCUT2D eigenvalue weighted by Gasteiger charge is 2.05. The highest BCUT2D eigenvalue weighted by atomic mass is 16.6. The lowest BCUT2D eigenvalue weighted by Gasteiger charge is -2.08. The van der Waals surface area contributed by atoms with Gasteiger partial charge < -0.3 is 5.11 Å². The van der Waals surface area contributed by atoms with E-state index in [9.17, 15) is 15.2 Å². The molecule has 0 fully saturated rings. The fraction of sp³-hybridized carbons (Fsp3) is 0. The number of nitro benzene ring substituents is 1. The van der Waals surface area contributed by atoms with E-state index in [1.807, 2.05) is 0 Å². The van der Waals surface area contributed by atoms with E-state index < -0.39 is 4.92 Å². The van der Waals surface area contributed by atoms with Crippen molar-refractivity contribution in [2.75, 3.05) is 0 Å². The minimum Gasteiger partial charge on any atom is -0.872 e. The summed E-state index contributed by atoms with van der Waals surface area (Å²) in [5, 5.41) is 22.0. The number of rotatable bonds is 3. The van der Waals surface area contributed by atoms with E-state index in [0.717, 1.165) is 18.2 Å². The van der Waals surface area contributed by atoms with Crippen LogP contribution in [0, 0.1) is 10.1 Å². The molecule has 0 N–H and O–H groups in total. The molecule has 0 aliphatic rings. The van der Waals surface area contributed by atoms with E-state index in [0.29, 0.717) is 0 Å². The highest BCUT2D eigenvalue weighted by molar-refractivity contribution is 5.85. The third-order valence-corrected chi connectivity index (χ3v) is 2.08. The van der Waals surface area contributed by atoms with Crippen LogP contribution in [-0.2, 0) is 0 Å². The zero-order valence-corrected chi connectivity index (χ0v) is 9.06. The van der Waals surface area contributed by atoms with Gasteiger partial charge in [0.2, 0.25) is 5.95 Å². The smallest absolute Gasteiger partial charge is 0.270 e. The van der Waals surface area contributed by atoms with Crippen molar-refractivity contribution in [2.24, 2.45) is 4.99 Å². The Kier molecular flexibility index (Phi) is 3.24. The SMILES string of the molecule is O=[N+]([O-])c1ccc([O-])c(C=Nc2ncccn2)c1. The van der Waals surface area contributed by atoms with Gasteiger partial charge in [-0.15, -0.1) is 0 Å². The summed E-state index contributed by atoms with van der Waals surface area (Å²) in [6.45, 7) is 0. The van der Waals surface area contributed by atoms with Crippen molar-refractivity contribution in [3.63, 3.8) is 0 Å². The van der Waals surface area contributed by atoms with Crippen molar-refractivity contribution >= 4 is 17.9 Å². The summed E-state index contributed by atoms with van der Waals surface area (Å²) in [6.07, 6.45) is 4.22. The minimum absolute atomic E-state index is 0.122. The summed E-state index contributed by atoms with van der Waals surface area (Å²) in [7, 11) is 0. The Hall–Kier alpha value is -2.83. The van der Waals surface area contributed by atoms with Gasteiger partial charge in [0.05, 0.1) is 4.92 Å². The Labute approximate surface area is 102 Å². The van der Waals surface area contributed by atoms with Gasteiger partial charge in [-0.05, 0) is 11.6 Å². The first-order valence-corrected chi connectivity index (χ1v) is 4.93. The molecule has 1 aromatic carbocycles. The number of non-ortho nitro benzene ring substituents is 1. The third-order valence-electron chi connectivity index (χ3n) is 2.08. The van der Waals surface area contributed by atoms with E-state index in [1.54, 1.807) is 6.07 Å². The quantitative estimate of drug-likeness (QED) is 0.457. The van der Waals surface area contributed by atoms with Crippen molar-refractivity contribution in [2.45, 2.75) is 0 Å². The maximum atomic E-state index is 11.5. The summed E-state index contributed by atoms with van der Waals surface area (Å²) >= 11 is 0. The van der Waals surface area contributed by atoms with Crippen molar-refractivity contribution in [3.8, 4) is 5.75 Å². The fourth-order valence-corrected chi connectivity index (χ4v) is 1.24. The molecule has 0 amide bonds. The van der Waals surface area contributed by atoms with E-state index >= 15 is 0 Å². The van der Waals surface area contributed by atoms with E-state index in [2.05, 4.69) is 15.0 Å². The molecule has 2 aromatic rings. The molecule has 0 atom stereocenters. The van der Waals surface area contributed by atoms with Gasteiger partial charge in [0.15, 0.2) is 0 Å². The van der Waals surface area contributed by atoms with Crippen LogP contribution in [0.5, 0.6) is 5.75 Å². The maximum Gasteiger partial charge on any atom is 0.270 e. The molecule has 7 heteroatoms. The number of benzene rings is 1. The lowest BCUT2D eigenvalue weighted by molar-refractivity contribution is -0.385. The normalized spacial score (nSPS) is 10.7. The Morgan fingerprint density at radius 3 is 2.67 bits per heavy atom. The summed E-state index contributed by atoms with van der Waals surface area (Å²) in [5.74, 6) is -0.163. The summed E-state index contributed by atoms with van der Waals surface area (Å²) in [5.41, 5.74) is -0.0401. The number of nitrogens with zero attached hydrogens (tertiary/aromatic N) is 4. The molecule has 7 nitrogen and oxygen atoms in total. The molecular weight excluding hydrogens is 236 g/mol. The van der Waals surface area contributed by atoms with E-state index in [-0.39, 0.29) is 22.9 Å². The molecule has 0 saturated carbocycles. The lowest BCUT2D eigenvalue weighted by Crippen LogP contribution is -1.98. The molecule has 90 valence electrons. The Morgan fingerprint density at radius 1 is 1.28 bits per heavy atom. The van der Waals surface area contributed by atoms with Crippen LogP contribution in [0.4, 0.5) is 11.6 Å². The Morgan fingerprint density at radius 2 is 2.00 bits per heavy atom. The molecule has 0 aliphatic heterocycles. The van der Waals surface area contributed by atoms with Crippen molar-refractivity contribution in [1.29, 1.82) is 0 Å². The molecule has 18 heavy (non-hydrogen) atoms. The van der Waals surface area contributed by atoms with Crippen LogP contribution in [0.2, 0.25) is 0 Å². The largest absolute Gasteiger partial charge is 0.872 e. The van der Waals surface area contributed by atoms with Crippen LogP contribution in [0.25, 0.3) is 0 Å². The molecule has 0 spiro atoms. The molecule has 0 aliphatic carbocycles. The Bertz CT molecular complexity index is 598. The number of aromatic nitrogens is 2. The predicted octanol–water partition coefficient (Wildman–Crippen LogP) is 1.21. The zero-order chi connectivity index (χ0) is 13.0. The third kappa shape index (κ3) is 2.64. The minimum atomic E-state index is -0.574. The first kappa shape index (κ1) is 11.6. The van der Waals surface area contributed by atoms with Gasteiger partial charge in [-0.1, -0.05) is 11.8 Å². The number of hydrogen-bond acceptors (Lipinski definition) is 6. The monoisotopic (exact) mass is 243 g/mol. The predicted molar refractivity (Wildman–Crippen MR) is 61.8 cm³/mol. The zero-order valence-electron chi connectivity index (χ0n) is 9.06. The van der Waals surface area contributed by atoms with Crippen LogP contribution < -0.4 is 5.11 Å². The lowest BCUT2D eigenvalue weighted by atomic mass is 10.2. The van der Waals surface area contributed by atoms with E-state index in [4.69, 9.17) is 0 Å². The van der Waals surface area contributed by atoms with Gasteiger partial charge in [0.1, 0.15) is 0 Å². The maximum absolute atomic E-state index is 11.5. The van der Waals surface area contributed by atoms with Crippen LogP contribution in [-0.4, -0.2) is 21.1 Å². The first-order chi connectivity index (χ1) is 8.66. The molecule has 0 radical (unpaired) electrons. The van der Waals surface area contributed by atoms with Crippen molar-refractivity contribution in [3.05, 3.63) is 52.3 Å². The molecule has 1 aromatic heterocycles. The second-order valence-electron chi connectivity index (χ2n) is 3.29. The number of hydrogen-bond donors (Lipinski definition) is 0. The number of aliphatic imine (C=N–C) groups is 1. The van der Waals surface area contributed by atoms with Crippen LogP contribution >= 0.6 is 0 Å².